The van der Waals surface area contributed by atoms with Crippen molar-refractivity contribution in [1.82, 2.24) is 0 Å². The lowest BCUT2D eigenvalue weighted by molar-refractivity contribution is -0.870. The van der Waals surface area contributed by atoms with Crippen molar-refractivity contribution >= 4 is 19.8 Å². The molecule has 0 aromatic carbocycles. The number of carbonyl (C=O) groups is 2. The van der Waals surface area contributed by atoms with Gasteiger partial charge < -0.3 is 18.9 Å². The average molecular weight is 945 g/mol. The first-order valence-corrected chi connectivity index (χ1v) is 27.8. The lowest BCUT2D eigenvalue weighted by Gasteiger charge is -2.24. The lowest BCUT2D eigenvalue weighted by atomic mass is 10.0. The highest BCUT2D eigenvalue weighted by Crippen LogP contribution is 2.43. The van der Waals surface area contributed by atoms with Crippen LogP contribution < -0.4 is 0 Å². The van der Waals surface area contributed by atoms with Crippen molar-refractivity contribution in [3.63, 3.8) is 0 Å². The van der Waals surface area contributed by atoms with Gasteiger partial charge >= 0.3 is 19.8 Å². The molecule has 0 bridgehead atoms. The van der Waals surface area contributed by atoms with Crippen molar-refractivity contribution in [3.8, 4) is 0 Å². The maximum atomic E-state index is 12.7. The van der Waals surface area contributed by atoms with E-state index in [0.29, 0.717) is 17.4 Å². The summed E-state index contributed by atoms with van der Waals surface area (Å²) >= 11 is 0. The van der Waals surface area contributed by atoms with Crippen LogP contribution in [0.2, 0.25) is 0 Å². The van der Waals surface area contributed by atoms with E-state index in [4.69, 9.17) is 18.5 Å². The van der Waals surface area contributed by atoms with Crippen molar-refractivity contribution in [1.29, 1.82) is 0 Å². The first-order chi connectivity index (χ1) is 32.0. The molecule has 0 fully saturated rings. The molecule has 0 saturated heterocycles. The van der Waals surface area contributed by atoms with Gasteiger partial charge in [-0.15, -0.1) is 0 Å². The molecule has 0 aromatic heterocycles. The number of likely N-dealkylation sites (N-methyl/N-ethyl adjacent to an activating group) is 1. The summed E-state index contributed by atoms with van der Waals surface area (Å²) in [5, 5.41) is 0. The molecule has 0 aliphatic rings. The van der Waals surface area contributed by atoms with E-state index in [9.17, 15) is 19.0 Å². The Kier molecular flexibility index (Phi) is 45.3. The highest BCUT2D eigenvalue weighted by Gasteiger charge is 2.27. The Hall–Kier alpha value is -2.81. The quantitative estimate of drug-likeness (QED) is 0.0211. The van der Waals surface area contributed by atoms with Crippen LogP contribution in [-0.2, 0) is 32.7 Å². The summed E-state index contributed by atoms with van der Waals surface area (Å²) in [4.78, 5) is 35.4. The number of carbonyl (C=O) groups excluding carboxylic acids is 2. The Morgan fingerprint density at radius 1 is 0.485 bits per heavy atom. The van der Waals surface area contributed by atoms with Crippen LogP contribution in [-0.4, -0.2) is 74.9 Å². The number of phosphoric ester groups is 1. The molecule has 9 nitrogen and oxygen atoms in total. The summed E-state index contributed by atoms with van der Waals surface area (Å²) in [6, 6.07) is 0. The molecule has 0 rings (SSSR count). The largest absolute Gasteiger partial charge is 0.472 e. The van der Waals surface area contributed by atoms with Crippen molar-refractivity contribution in [2.24, 2.45) is 0 Å². The highest BCUT2D eigenvalue weighted by atomic mass is 31.2. The molecule has 2 unspecified atom stereocenters. The SMILES string of the molecule is CC/C=C\C/C=C\C/C=C\C/C=C\CCC(=O)OC(COC(=O)CCCCCCCCCCCCCCCC/C=C\C/C=C\C/C=C\CCCCCCC)COP(=O)(O)OCC[N+](C)(C)C. The van der Waals surface area contributed by atoms with Crippen LogP contribution in [0.25, 0.3) is 0 Å². The van der Waals surface area contributed by atoms with E-state index in [1.54, 1.807) is 0 Å². The number of nitrogens with zero attached hydrogens (tertiary/aromatic N) is 1. The minimum atomic E-state index is -4.40. The molecule has 66 heavy (non-hydrogen) atoms. The van der Waals surface area contributed by atoms with Crippen LogP contribution >= 0.6 is 7.82 Å². The third kappa shape index (κ3) is 50.6. The molecule has 10 heteroatoms. The molecule has 0 spiro atoms. The van der Waals surface area contributed by atoms with Gasteiger partial charge in [0.15, 0.2) is 6.10 Å². The average Bonchev–Trinajstić information content (AvgIpc) is 3.27. The van der Waals surface area contributed by atoms with E-state index in [0.717, 1.165) is 57.8 Å². The Morgan fingerprint density at radius 2 is 0.894 bits per heavy atom. The number of phosphoric acid groups is 1. The molecule has 0 aliphatic carbocycles. The van der Waals surface area contributed by atoms with Crippen LogP contribution in [0.3, 0.4) is 0 Å². The Morgan fingerprint density at radius 3 is 1.35 bits per heavy atom. The van der Waals surface area contributed by atoms with Gasteiger partial charge in [0, 0.05) is 12.8 Å². The van der Waals surface area contributed by atoms with Crippen molar-refractivity contribution < 1.29 is 42.1 Å². The fourth-order valence-electron chi connectivity index (χ4n) is 6.86. The minimum absolute atomic E-state index is 0.0156. The second kappa shape index (κ2) is 47.3. The molecule has 2 atom stereocenters. The molecule has 380 valence electrons. The maximum Gasteiger partial charge on any atom is 0.472 e. The summed E-state index contributed by atoms with van der Waals surface area (Å²) in [6.07, 6.45) is 62.5. The van der Waals surface area contributed by atoms with E-state index >= 15 is 0 Å². The lowest BCUT2D eigenvalue weighted by Crippen LogP contribution is -2.37. The molecule has 0 aliphatic heterocycles. The minimum Gasteiger partial charge on any atom is -0.462 e. The van der Waals surface area contributed by atoms with Gasteiger partial charge in [-0.05, 0) is 77.0 Å². The number of unbranched alkanes of at least 4 members (excludes halogenated alkanes) is 19. The van der Waals surface area contributed by atoms with E-state index < -0.39 is 26.5 Å². The molecular weight excluding hydrogens is 846 g/mol. The zero-order valence-electron chi connectivity index (χ0n) is 42.9. The molecule has 0 saturated carbocycles. The maximum absolute atomic E-state index is 12.7. The summed E-state index contributed by atoms with van der Waals surface area (Å²) in [5.74, 6) is -0.896. The number of hydrogen-bond acceptors (Lipinski definition) is 7. The topological polar surface area (TPSA) is 108 Å². The van der Waals surface area contributed by atoms with E-state index in [1.165, 1.54) is 116 Å². The number of esters is 2. The molecule has 0 amide bonds. The Labute approximate surface area is 405 Å². The van der Waals surface area contributed by atoms with E-state index in [2.05, 4.69) is 86.8 Å². The summed E-state index contributed by atoms with van der Waals surface area (Å²) in [5.41, 5.74) is 0. The van der Waals surface area contributed by atoms with Gasteiger partial charge in [0.2, 0.25) is 0 Å². The van der Waals surface area contributed by atoms with Gasteiger partial charge in [-0.25, -0.2) is 4.57 Å². The van der Waals surface area contributed by atoms with Gasteiger partial charge in [0.05, 0.1) is 27.7 Å². The summed E-state index contributed by atoms with van der Waals surface area (Å²) in [7, 11) is 1.43. The van der Waals surface area contributed by atoms with Crippen molar-refractivity contribution in [2.45, 2.75) is 213 Å². The third-order valence-electron chi connectivity index (χ3n) is 10.9. The molecule has 0 heterocycles. The summed E-state index contributed by atoms with van der Waals surface area (Å²) in [6.45, 7) is 4.21. The normalized spacial score (nSPS) is 14.1. The number of rotatable bonds is 47. The standard InChI is InChI=1S/C56H98NO8P/c1-6-8-10-12-14-16-18-20-21-22-23-24-25-26-27-28-29-30-31-32-33-34-35-37-38-40-42-44-46-48-55(58)62-52-54(53-64-66(60,61)63-51-50-57(3,4)5)65-56(59)49-47-45-43-41-39-36-19-17-15-13-11-9-7-2/h9,11,15,17-18,20,22-23,25-26,36,39,43,45,54H,6-8,10,12-14,16,19,21,24,27-35,37-38,40-42,44,46-53H2,1-5H3/p+1/b11-9-,17-15-,20-18-,23-22-,26-25-,39-36-,45-43-. The fraction of sp³-hybridized carbons (Fsp3) is 0.714. The van der Waals surface area contributed by atoms with Gasteiger partial charge in [-0.3, -0.25) is 18.6 Å². The number of allylic oxidation sites excluding steroid dienone is 14. The number of hydrogen-bond donors (Lipinski definition) is 1. The van der Waals surface area contributed by atoms with Crippen LogP contribution in [0, 0.1) is 0 Å². The summed E-state index contributed by atoms with van der Waals surface area (Å²) < 4.78 is 34.3. The first kappa shape index (κ1) is 63.2. The molecule has 1 N–H and O–H groups in total. The second-order valence-electron chi connectivity index (χ2n) is 18.5. The van der Waals surface area contributed by atoms with Crippen LogP contribution in [0.15, 0.2) is 85.1 Å². The van der Waals surface area contributed by atoms with Crippen molar-refractivity contribution in [2.75, 3.05) is 47.5 Å². The van der Waals surface area contributed by atoms with Crippen LogP contribution in [0.1, 0.15) is 206 Å². The Bertz CT molecular complexity index is 1390. The predicted molar refractivity (Wildman–Crippen MR) is 279 cm³/mol. The van der Waals surface area contributed by atoms with Gasteiger partial charge in [0.25, 0.3) is 0 Å². The Balaban J connectivity index is 4.15. The number of quaternary nitrogens is 1. The zero-order chi connectivity index (χ0) is 48.5. The molecule has 0 aromatic rings. The number of ether oxygens (including phenoxy) is 2. The predicted octanol–water partition coefficient (Wildman–Crippen LogP) is 15.9. The van der Waals surface area contributed by atoms with E-state index in [-0.39, 0.29) is 32.0 Å². The van der Waals surface area contributed by atoms with Gasteiger partial charge in [-0.1, -0.05) is 202 Å². The first-order valence-electron chi connectivity index (χ1n) is 26.3. The molecular formula is C56H99NO8P+. The molecule has 0 radical (unpaired) electrons. The van der Waals surface area contributed by atoms with Crippen LogP contribution in [0.5, 0.6) is 0 Å². The van der Waals surface area contributed by atoms with Gasteiger partial charge in [0.1, 0.15) is 19.8 Å². The van der Waals surface area contributed by atoms with Crippen molar-refractivity contribution in [3.05, 3.63) is 85.1 Å². The zero-order valence-corrected chi connectivity index (χ0v) is 43.8. The van der Waals surface area contributed by atoms with Crippen LogP contribution in [0.4, 0.5) is 0 Å². The fourth-order valence-corrected chi connectivity index (χ4v) is 7.60. The van der Waals surface area contributed by atoms with E-state index in [1.807, 2.05) is 33.3 Å². The second-order valence-corrected chi connectivity index (χ2v) is 20.0. The third-order valence-corrected chi connectivity index (χ3v) is 11.9. The smallest absolute Gasteiger partial charge is 0.462 e. The monoisotopic (exact) mass is 945 g/mol. The van der Waals surface area contributed by atoms with Gasteiger partial charge in [-0.2, -0.15) is 0 Å². The highest BCUT2D eigenvalue weighted by molar-refractivity contribution is 7.47.